The minimum atomic E-state index is -1.14. The van der Waals surface area contributed by atoms with Crippen molar-refractivity contribution in [3.05, 3.63) is 35.4 Å². The van der Waals surface area contributed by atoms with Gasteiger partial charge in [-0.25, -0.2) is 4.79 Å². The Balaban J connectivity index is 1.77. The number of urea groups is 1. The number of rotatable bonds is 6. The molecule has 3 N–H and O–H groups in total. The summed E-state index contributed by atoms with van der Waals surface area (Å²) >= 11 is 0. The molecule has 7 nitrogen and oxygen atoms in total. The number of fused-ring (bicyclic) bond motifs is 1. The number of benzene rings is 1. The zero-order valence-corrected chi connectivity index (χ0v) is 13.9. The van der Waals surface area contributed by atoms with Gasteiger partial charge in [-0.2, -0.15) is 0 Å². The highest BCUT2D eigenvalue weighted by molar-refractivity contribution is 6.08. The average Bonchev–Trinajstić information content (AvgIpc) is 2.97. The Kier molecular flexibility index (Phi) is 4.28. The Morgan fingerprint density at radius 3 is 2.62 bits per heavy atom. The van der Waals surface area contributed by atoms with Gasteiger partial charge in [0.1, 0.15) is 0 Å². The minimum Gasteiger partial charge on any atom is -0.331 e. The molecule has 0 spiro atoms. The number of hydrogen-bond acceptors (Lipinski definition) is 4. The van der Waals surface area contributed by atoms with Crippen LogP contribution in [0.5, 0.6) is 0 Å². The molecule has 1 unspecified atom stereocenters. The fourth-order valence-corrected chi connectivity index (χ4v) is 3.16. The van der Waals surface area contributed by atoms with E-state index in [1.807, 2.05) is 18.2 Å². The predicted molar refractivity (Wildman–Crippen MR) is 88.3 cm³/mol. The van der Waals surface area contributed by atoms with Crippen LogP contribution in [-0.4, -0.2) is 47.9 Å². The third-order valence-electron chi connectivity index (χ3n) is 4.35. The summed E-state index contributed by atoms with van der Waals surface area (Å²) < 4.78 is 0. The van der Waals surface area contributed by atoms with Crippen LogP contribution < -0.4 is 16.0 Å². The summed E-state index contributed by atoms with van der Waals surface area (Å²) in [6.45, 7) is 5.72. The lowest BCUT2D eigenvalue weighted by atomic mass is 9.98. The molecular weight excluding hydrogens is 308 g/mol. The molecule has 1 atom stereocenters. The zero-order chi connectivity index (χ0) is 17.3. The van der Waals surface area contributed by atoms with Crippen LogP contribution >= 0.6 is 0 Å². The van der Waals surface area contributed by atoms with Crippen LogP contribution in [0.25, 0.3) is 0 Å². The highest BCUT2D eigenvalue weighted by atomic mass is 16.2. The van der Waals surface area contributed by atoms with Crippen LogP contribution in [0.15, 0.2) is 24.3 Å². The Hall–Kier alpha value is -2.41. The maximum atomic E-state index is 12.6. The standard InChI is InChI=1S/C17H22N4O3/c1-11(2)7-18-9-17(15(23)19-16(24)20-17)10-21-8-12-5-3-4-6-13(12)14(21)22/h3-6,11,18H,7-10H2,1-2H3,(H2,19,20,23,24). The molecule has 2 aliphatic heterocycles. The second kappa shape index (κ2) is 6.24. The smallest absolute Gasteiger partial charge is 0.322 e. The third kappa shape index (κ3) is 2.99. The maximum Gasteiger partial charge on any atom is 0.322 e. The second-order valence-electron chi connectivity index (χ2n) is 6.83. The van der Waals surface area contributed by atoms with Crippen molar-refractivity contribution in [2.75, 3.05) is 19.6 Å². The normalized spacial score (nSPS) is 22.8. The largest absolute Gasteiger partial charge is 0.331 e. The van der Waals surface area contributed by atoms with Crippen molar-refractivity contribution in [2.24, 2.45) is 5.92 Å². The molecule has 1 fully saturated rings. The first-order valence-electron chi connectivity index (χ1n) is 8.13. The van der Waals surface area contributed by atoms with Crippen LogP contribution in [0.3, 0.4) is 0 Å². The number of nitrogens with one attached hydrogen (secondary N) is 3. The van der Waals surface area contributed by atoms with E-state index in [9.17, 15) is 14.4 Å². The Morgan fingerprint density at radius 1 is 1.25 bits per heavy atom. The van der Waals surface area contributed by atoms with Gasteiger partial charge in [-0.3, -0.25) is 14.9 Å². The first kappa shape index (κ1) is 16.4. The average molecular weight is 330 g/mol. The van der Waals surface area contributed by atoms with Crippen molar-refractivity contribution in [3.63, 3.8) is 0 Å². The number of nitrogens with zero attached hydrogens (tertiary/aromatic N) is 1. The fourth-order valence-electron chi connectivity index (χ4n) is 3.16. The number of amides is 4. The van der Waals surface area contributed by atoms with Gasteiger partial charge in [-0.05, 0) is 24.1 Å². The van der Waals surface area contributed by atoms with E-state index >= 15 is 0 Å². The minimum absolute atomic E-state index is 0.109. The van der Waals surface area contributed by atoms with Gasteiger partial charge in [0.2, 0.25) is 0 Å². The van der Waals surface area contributed by atoms with Gasteiger partial charge in [0, 0.05) is 18.7 Å². The van der Waals surface area contributed by atoms with Gasteiger partial charge in [0.25, 0.3) is 11.8 Å². The summed E-state index contributed by atoms with van der Waals surface area (Å²) in [5.74, 6) is -0.0878. The van der Waals surface area contributed by atoms with Crippen LogP contribution in [0.2, 0.25) is 0 Å². The van der Waals surface area contributed by atoms with Gasteiger partial charge >= 0.3 is 6.03 Å². The second-order valence-corrected chi connectivity index (χ2v) is 6.83. The highest BCUT2D eigenvalue weighted by Crippen LogP contribution is 2.25. The zero-order valence-electron chi connectivity index (χ0n) is 13.9. The number of hydrogen-bond donors (Lipinski definition) is 3. The van der Waals surface area contributed by atoms with E-state index in [0.717, 1.165) is 12.1 Å². The van der Waals surface area contributed by atoms with E-state index in [0.29, 0.717) is 18.0 Å². The third-order valence-corrected chi connectivity index (χ3v) is 4.35. The van der Waals surface area contributed by atoms with Crippen molar-refractivity contribution < 1.29 is 14.4 Å². The fraction of sp³-hybridized carbons (Fsp3) is 0.471. The first-order chi connectivity index (χ1) is 11.4. The molecule has 0 saturated carbocycles. The van der Waals surface area contributed by atoms with Crippen molar-refractivity contribution in [1.82, 2.24) is 20.9 Å². The topological polar surface area (TPSA) is 90.5 Å². The molecule has 1 aromatic rings. The van der Waals surface area contributed by atoms with Crippen LogP contribution in [0.1, 0.15) is 29.8 Å². The molecule has 7 heteroatoms. The lowest BCUT2D eigenvalue weighted by Crippen LogP contribution is -2.61. The van der Waals surface area contributed by atoms with Gasteiger partial charge in [-0.15, -0.1) is 0 Å². The van der Waals surface area contributed by atoms with E-state index in [1.165, 1.54) is 0 Å². The molecule has 0 aliphatic carbocycles. The first-order valence-corrected chi connectivity index (χ1v) is 8.13. The molecule has 0 bridgehead atoms. The molecule has 2 aliphatic rings. The monoisotopic (exact) mass is 330 g/mol. The lowest BCUT2D eigenvalue weighted by Gasteiger charge is -2.31. The number of imide groups is 1. The predicted octanol–water partition coefficient (Wildman–Crippen LogP) is 0.466. The van der Waals surface area contributed by atoms with Gasteiger partial charge in [0.05, 0.1) is 6.54 Å². The Morgan fingerprint density at radius 2 is 2.00 bits per heavy atom. The molecule has 1 saturated heterocycles. The van der Waals surface area contributed by atoms with E-state index in [-0.39, 0.29) is 19.0 Å². The lowest BCUT2D eigenvalue weighted by molar-refractivity contribution is -0.124. The van der Waals surface area contributed by atoms with Gasteiger partial charge in [-0.1, -0.05) is 32.0 Å². The van der Waals surface area contributed by atoms with E-state index < -0.39 is 17.5 Å². The quantitative estimate of drug-likeness (QED) is 0.661. The van der Waals surface area contributed by atoms with Crippen LogP contribution in [-0.2, 0) is 11.3 Å². The summed E-state index contributed by atoms with van der Waals surface area (Å²) in [7, 11) is 0. The highest BCUT2D eigenvalue weighted by Gasteiger charge is 2.48. The van der Waals surface area contributed by atoms with E-state index in [2.05, 4.69) is 29.8 Å². The summed E-state index contributed by atoms with van der Waals surface area (Å²) in [6.07, 6.45) is 0. The van der Waals surface area contributed by atoms with Gasteiger partial charge < -0.3 is 15.5 Å². The molecule has 0 radical (unpaired) electrons. The molecular formula is C17H22N4O3. The number of carbonyl (C=O) groups is 3. The van der Waals surface area contributed by atoms with Crippen molar-refractivity contribution in [1.29, 1.82) is 0 Å². The molecule has 24 heavy (non-hydrogen) atoms. The molecule has 4 amide bonds. The van der Waals surface area contributed by atoms with Crippen molar-refractivity contribution in [3.8, 4) is 0 Å². The maximum absolute atomic E-state index is 12.6. The molecule has 0 aromatic heterocycles. The van der Waals surface area contributed by atoms with Crippen molar-refractivity contribution in [2.45, 2.75) is 25.9 Å². The SMILES string of the molecule is CC(C)CNCC1(CN2Cc3ccccc3C2=O)NC(=O)NC1=O. The molecule has 1 aromatic carbocycles. The molecule has 2 heterocycles. The summed E-state index contributed by atoms with van der Waals surface area (Å²) in [5.41, 5.74) is 0.467. The Labute approximate surface area is 140 Å². The number of carbonyl (C=O) groups excluding carboxylic acids is 3. The Bertz CT molecular complexity index is 688. The summed E-state index contributed by atoms with van der Waals surface area (Å²) in [4.78, 5) is 38.2. The van der Waals surface area contributed by atoms with Crippen molar-refractivity contribution >= 4 is 17.8 Å². The van der Waals surface area contributed by atoms with Crippen LogP contribution in [0.4, 0.5) is 4.79 Å². The van der Waals surface area contributed by atoms with Gasteiger partial charge in [0.15, 0.2) is 5.54 Å². The molecule has 128 valence electrons. The van der Waals surface area contributed by atoms with E-state index in [1.54, 1.807) is 11.0 Å². The molecule has 3 rings (SSSR count). The summed E-state index contributed by atoms with van der Waals surface area (Å²) in [5, 5.41) is 8.21. The summed E-state index contributed by atoms with van der Waals surface area (Å²) in [6, 6.07) is 6.89. The van der Waals surface area contributed by atoms with Crippen LogP contribution in [0, 0.1) is 5.92 Å². The van der Waals surface area contributed by atoms with E-state index in [4.69, 9.17) is 0 Å².